The molecule has 1 heterocycles. The minimum Gasteiger partial charge on any atom is -0.371 e. The monoisotopic (exact) mass is 234 g/mol. The largest absolute Gasteiger partial charge is 0.371 e. The molecule has 2 nitrogen and oxygen atoms in total. The number of fused-ring (bicyclic) bond motifs is 2. The zero-order valence-corrected chi connectivity index (χ0v) is 9.98. The normalized spacial score (nSPS) is 32.6. The van der Waals surface area contributed by atoms with E-state index < -0.39 is 0 Å². The molecule has 2 unspecified atom stereocenters. The van der Waals surface area contributed by atoms with Gasteiger partial charge in [0.1, 0.15) is 5.82 Å². The zero-order chi connectivity index (χ0) is 11.8. The molecule has 1 saturated carbocycles. The summed E-state index contributed by atoms with van der Waals surface area (Å²) < 4.78 is 12.9. The highest BCUT2D eigenvalue weighted by Gasteiger charge is 2.33. The van der Waals surface area contributed by atoms with Crippen molar-refractivity contribution < 1.29 is 4.39 Å². The van der Waals surface area contributed by atoms with Gasteiger partial charge in [-0.25, -0.2) is 4.39 Å². The second-order valence-electron chi connectivity index (χ2n) is 5.58. The second-order valence-corrected chi connectivity index (χ2v) is 5.58. The van der Waals surface area contributed by atoms with Gasteiger partial charge < -0.3 is 10.6 Å². The van der Waals surface area contributed by atoms with Crippen molar-refractivity contribution in [3.63, 3.8) is 0 Å². The molecule has 2 aliphatic rings. The van der Waals surface area contributed by atoms with Crippen LogP contribution in [0.1, 0.15) is 19.3 Å². The van der Waals surface area contributed by atoms with Crippen molar-refractivity contribution in [2.24, 2.45) is 17.6 Å². The van der Waals surface area contributed by atoms with Crippen LogP contribution in [-0.2, 0) is 0 Å². The summed E-state index contributed by atoms with van der Waals surface area (Å²) in [5, 5.41) is 0. The predicted molar refractivity (Wildman–Crippen MR) is 67.4 cm³/mol. The van der Waals surface area contributed by atoms with Gasteiger partial charge in [0.2, 0.25) is 0 Å². The number of hydrogen-bond acceptors (Lipinski definition) is 2. The van der Waals surface area contributed by atoms with Crippen LogP contribution in [0.4, 0.5) is 10.1 Å². The highest BCUT2D eigenvalue weighted by Crippen LogP contribution is 2.35. The number of piperidine rings is 1. The summed E-state index contributed by atoms with van der Waals surface area (Å²) in [6.07, 6.45) is 3.62. The molecule has 2 fully saturated rings. The molecule has 17 heavy (non-hydrogen) atoms. The summed E-state index contributed by atoms with van der Waals surface area (Å²) in [7, 11) is 0. The molecular formula is C14H19FN2. The van der Waals surface area contributed by atoms with E-state index in [9.17, 15) is 4.39 Å². The predicted octanol–water partition coefficient (Wildman–Crippen LogP) is 2.39. The molecule has 2 atom stereocenters. The average Bonchev–Trinajstić information content (AvgIpc) is 2.28. The third-order valence-corrected chi connectivity index (χ3v) is 4.09. The van der Waals surface area contributed by atoms with E-state index in [0.29, 0.717) is 6.04 Å². The Morgan fingerprint density at radius 1 is 1.00 bits per heavy atom. The number of rotatable bonds is 1. The van der Waals surface area contributed by atoms with Crippen molar-refractivity contribution >= 4 is 5.69 Å². The Bertz CT molecular complexity index is 372. The number of anilines is 1. The fourth-order valence-electron chi connectivity index (χ4n) is 3.48. The van der Waals surface area contributed by atoms with Gasteiger partial charge in [0.05, 0.1) is 0 Å². The topological polar surface area (TPSA) is 29.3 Å². The summed E-state index contributed by atoms with van der Waals surface area (Å²) in [6.45, 7) is 2.16. The van der Waals surface area contributed by atoms with Crippen LogP contribution in [0.3, 0.4) is 0 Å². The van der Waals surface area contributed by atoms with Crippen LogP contribution in [0, 0.1) is 17.7 Å². The molecule has 1 aromatic rings. The lowest BCUT2D eigenvalue weighted by Crippen LogP contribution is -2.47. The first-order valence-electron chi connectivity index (χ1n) is 6.47. The molecule has 1 aliphatic carbocycles. The van der Waals surface area contributed by atoms with Gasteiger partial charge in [-0.15, -0.1) is 0 Å². The second kappa shape index (κ2) is 4.30. The lowest BCUT2D eigenvalue weighted by atomic mass is 9.75. The van der Waals surface area contributed by atoms with Crippen LogP contribution in [0.25, 0.3) is 0 Å². The Hall–Kier alpha value is -1.09. The van der Waals surface area contributed by atoms with Gasteiger partial charge in [0.15, 0.2) is 0 Å². The zero-order valence-electron chi connectivity index (χ0n) is 9.98. The number of benzene rings is 1. The lowest BCUT2D eigenvalue weighted by molar-refractivity contribution is 0.208. The van der Waals surface area contributed by atoms with E-state index in [1.807, 2.05) is 12.1 Å². The number of nitrogens with two attached hydrogens (primary N) is 1. The molecule has 1 aliphatic heterocycles. The first-order valence-corrected chi connectivity index (χ1v) is 6.47. The Labute approximate surface area is 102 Å². The summed E-state index contributed by atoms with van der Waals surface area (Å²) >= 11 is 0. The molecule has 3 heteroatoms. The molecule has 2 bridgehead atoms. The Morgan fingerprint density at radius 3 is 2.18 bits per heavy atom. The van der Waals surface area contributed by atoms with Crippen molar-refractivity contribution in [1.29, 1.82) is 0 Å². The van der Waals surface area contributed by atoms with E-state index >= 15 is 0 Å². The van der Waals surface area contributed by atoms with Crippen LogP contribution in [-0.4, -0.2) is 19.1 Å². The maximum Gasteiger partial charge on any atom is 0.123 e. The average molecular weight is 234 g/mol. The third-order valence-electron chi connectivity index (χ3n) is 4.09. The fourth-order valence-corrected chi connectivity index (χ4v) is 3.48. The SMILES string of the molecule is NC1CC2CC(C1)CN(c1ccc(F)cc1)C2. The Balaban J connectivity index is 1.75. The molecule has 1 saturated heterocycles. The van der Waals surface area contributed by atoms with Crippen LogP contribution >= 0.6 is 0 Å². The fraction of sp³-hybridized carbons (Fsp3) is 0.571. The van der Waals surface area contributed by atoms with Gasteiger partial charge >= 0.3 is 0 Å². The molecule has 0 spiro atoms. The van der Waals surface area contributed by atoms with Gasteiger partial charge in [0, 0.05) is 24.8 Å². The Morgan fingerprint density at radius 2 is 1.59 bits per heavy atom. The van der Waals surface area contributed by atoms with Gasteiger partial charge in [-0.2, -0.15) is 0 Å². The van der Waals surface area contributed by atoms with E-state index in [0.717, 1.165) is 43.5 Å². The van der Waals surface area contributed by atoms with Gasteiger partial charge in [0.25, 0.3) is 0 Å². The molecule has 1 aromatic carbocycles. The van der Waals surface area contributed by atoms with Gasteiger partial charge in [-0.3, -0.25) is 0 Å². The van der Waals surface area contributed by atoms with E-state index in [1.54, 1.807) is 12.1 Å². The van der Waals surface area contributed by atoms with Crippen molar-refractivity contribution in [3.8, 4) is 0 Å². The minimum absolute atomic E-state index is 0.159. The summed E-state index contributed by atoms with van der Waals surface area (Å²) in [6, 6.07) is 7.26. The standard InChI is InChI=1S/C14H19FN2/c15-12-1-3-14(4-2-12)17-8-10-5-11(9-17)7-13(16)6-10/h1-4,10-11,13H,5-9,16H2. The van der Waals surface area contributed by atoms with Crippen molar-refractivity contribution in [3.05, 3.63) is 30.1 Å². The molecule has 0 amide bonds. The minimum atomic E-state index is -0.159. The maximum absolute atomic E-state index is 12.9. The van der Waals surface area contributed by atoms with Crippen LogP contribution in [0.2, 0.25) is 0 Å². The van der Waals surface area contributed by atoms with E-state index in [2.05, 4.69) is 4.90 Å². The van der Waals surface area contributed by atoms with E-state index in [4.69, 9.17) is 5.73 Å². The highest BCUT2D eigenvalue weighted by molar-refractivity contribution is 5.47. The number of hydrogen-bond donors (Lipinski definition) is 1. The summed E-state index contributed by atoms with van der Waals surface area (Å²) in [5.41, 5.74) is 7.21. The molecular weight excluding hydrogens is 215 g/mol. The highest BCUT2D eigenvalue weighted by atomic mass is 19.1. The quantitative estimate of drug-likeness (QED) is 0.808. The van der Waals surface area contributed by atoms with Crippen LogP contribution < -0.4 is 10.6 Å². The molecule has 92 valence electrons. The summed E-state index contributed by atoms with van der Waals surface area (Å²) in [5.74, 6) is 1.29. The van der Waals surface area contributed by atoms with Crippen molar-refractivity contribution in [2.75, 3.05) is 18.0 Å². The number of nitrogens with zero attached hydrogens (tertiary/aromatic N) is 1. The lowest BCUT2D eigenvalue weighted by Gasteiger charge is -2.44. The van der Waals surface area contributed by atoms with Gasteiger partial charge in [-0.05, 0) is 55.4 Å². The van der Waals surface area contributed by atoms with Crippen LogP contribution in [0.15, 0.2) is 24.3 Å². The van der Waals surface area contributed by atoms with E-state index in [1.165, 1.54) is 6.42 Å². The van der Waals surface area contributed by atoms with Crippen molar-refractivity contribution in [2.45, 2.75) is 25.3 Å². The molecule has 0 aromatic heterocycles. The first kappa shape index (κ1) is 11.0. The smallest absolute Gasteiger partial charge is 0.123 e. The van der Waals surface area contributed by atoms with E-state index in [-0.39, 0.29) is 5.82 Å². The molecule has 2 N–H and O–H groups in total. The van der Waals surface area contributed by atoms with Crippen molar-refractivity contribution in [1.82, 2.24) is 0 Å². The number of halogens is 1. The summed E-state index contributed by atoms with van der Waals surface area (Å²) in [4.78, 5) is 2.39. The molecule has 3 rings (SSSR count). The first-order chi connectivity index (χ1) is 8.20. The van der Waals surface area contributed by atoms with Gasteiger partial charge in [-0.1, -0.05) is 0 Å². The third kappa shape index (κ3) is 2.29. The molecule has 0 radical (unpaired) electrons. The van der Waals surface area contributed by atoms with Crippen LogP contribution in [0.5, 0.6) is 0 Å². The Kier molecular flexibility index (Phi) is 2.79. The maximum atomic E-state index is 12.9.